The summed E-state index contributed by atoms with van der Waals surface area (Å²) in [6.07, 6.45) is 15.6. The van der Waals surface area contributed by atoms with Crippen molar-refractivity contribution in [2.45, 2.75) is 71.1 Å². The van der Waals surface area contributed by atoms with Gasteiger partial charge in [0.05, 0.1) is 5.52 Å². The van der Waals surface area contributed by atoms with Gasteiger partial charge in [-0.3, -0.25) is 4.98 Å². The van der Waals surface area contributed by atoms with Crippen LogP contribution in [0, 0.1) is 0 Å². The van der Waals surface area contributed by atoms with Crippen LogP contribution in [0.4, 0.5) is 5.69 Å². The second-order valence-corrected chi connectivity index (χ2v) is 7.07. The second-order valence-electron chi connectivity index (χ2n) is 6.63. The molecule has 0 spiro atoms. The maximum atomic E-state index is 6.03. The van der Waals surface area contributed by atoms with Crippen LogP contribution in [-0.2, 0) is 0 Å². The van der Waals surface area contributed by atoms with E-state index in [0.29, 0.717) is 0 Å². The molecular weight excluding hydrogens is 316 g/mol. The fourth-order valence-electron chi connectivity index (χ4n) is 3.11. The third kappa shape index (κ3) is 6.68. The van der Waals surface area contributed by atoms with Gasteiger partial charge in [-0.15, -0.1) is 0 Å². The monoisotopic (exact) mass is 346 g/mol. The molecule has 1 aromatic carbocycles. The molecule has 0 fully saturated rings. The second kappa shape index (κ2) is 11.3. The van der Waals surface area contributed by atoms with Crippen LogP contribution < -0.4 is 5.32 Å². The zero-order valence-electron chi connectivity index (χ0n) is 15.0. The number of rotatable bonds is 12. The summed E-state index contributed by atoms with van der Waals surface area (Å²) in [6.45, 7) is 3.30. The molecule has 24 heavy (non-hydrogen) atoms. The van der Waals surface area contributed by atoms with E-state index in [1.54, 1.807) is 0 Å². The van der Waals surface area contributed by atoms with Gasteiger partial charge in [0.25, 0.3) is 0 Å². The summed E-state index contributed by atoms with van der Waals surface area (Å²) in [5.41, 5.74) is 2.11. The first-order valence-corrected chi connectivity index (χ1v) is 9.97. The van der Waals surface area contributed by atoms with Gasteiger partial charge in [-0.1, -0.05) is 76.3 Å². The van der Waals surface area contributed by atoms with E-state index in [-0.39, 0.29) is 0 Å². The summed E-state index contributed by atoms with van der Waals surface area (Å²) in [7, 11) is 0. The Kier molecular flexibility index (Phi) is 8.97. The molecule has 1 N–H and O–H groups in total. The highest BCUT2D eigenvalue weighted by atomic mass is 35.5. The summed E-state index contributed by atoms with van der Waals surface area (Å²) >= 11 is 6.03. The molecule has 0 atom stereocenters. The Bertz CT molecular complexity index is 597. The van der Waals surface area contributed by atoms with Crippen molar-refractivity contribution in [1.29, 1.82) is 0 Å². The molecule has 2 nitrogen and oxygen atoms in total. The fourth-order valence-corrected chi connectivity index (χ4v) is 3.28. The lowest BCUT2D eigenvalue weighted by Crippen LogP contribution is -2.02. The molecule has 1 heterocycles. The van der Waals surface area contributed by atoms with Crippen LogP contribution in [0.1, 0.15) is 71.1 Å². The first kappa shape index (κ1) is 19.1. The Morgan fingerprint density at radius 2 is 1.54 bits per heavy atom. The molecule has 0 amide bonds. The third-order valence-electron chi connectivity index (χ3n) is 4.55. The van der Waals surface area contributed by atoms with E-state index in [1.165, 1.54) is 64.2 Å². The first-order chi connectivity index (χ1) is 11.8. The summed E-state index contributed by atoms with van der Waals surface area (Å²) in [6, 6.07) is 7.94. The number of unbranched alkanes of at least 4 members (excludes halogenated alkanes) is 9. The SMILES string of the molecule is CCCCCCCCCCCCNc1ccnc2cc(Cl)ccc12. The molecule has 0 aliphatic heterocycles. The van der Waals surface area contributed by atoms with Crippen LogP contribution in [0.2, 0.25) is 5.02 Å². The van der Waals surface area contributed by atoms with Gasteiger partial charge in [0.1, 0.15) is 0 Å². The molecule has 132 valence electrons. The van der Waals surface area contributed by atoms with Gasteiger partial charge in [0.2, 0.25) is 0 Å². The predicted octanol–water partition coefficient (Wildman–Crippen LogP) is 7.22. The van der Waals surface area contributed by atoms with Crippen molar-refractivity contribution in [1.82, 2.24) is 4.98 Å². The van der Waals surface area contributed by atoms with E-state index in [0.717, 1.165) is 28.2 Å². The molecule has 0 saturated carbocycles. The van der Waals surface area contributed by atoms with Crippen LogP contribution in [0.3, 0.4) is 0 Å². The number of aromatic nitrogens is 1. The Labute approximate surface area is 152 Å². The summed E-state index contributed by atoms with van der Waals surface area (Å²) in [4.78, 5) is 4.38. The smallest absolute Gasteiger partial charge is 0.0737 e. The van der Waals surface area contributed by atoms with E-state index in [2.05, 4.69) is 17.2 Å². The highest BCUT2D eigenvalue weighted by molar-refractivity contribution is 6.31. The molecular formula is C21H31ClN2. The van der Waals surface area contributed by atoms with Crippen LogP contribution >= 0.6 is 11.6 Å². The van der Waals surface area contributed by atoms with E-state index in [9.17, 15) is 0 Å². The molecule has 0 aliphatic rings. The fraction of sp³-hybridized carbons (Fsp3) is 0.571. The zero-order chi connectivity index (χ0) is 17.0. The van der Waals surface area contributed by atoms with Crippen LogP contribution in [0.25, 0.3) is 10.9 Å². The van der Waals surface area contributed by atoms with E-state index in [4.69, 9.17) is 11.6 Å². The lowest BCUT2D eigenvalue weighted by atomic mass is 10.1. The van der Waals surface area contributed by atoms with Crippen molar-refractivity contribution in [2.75, 3.05) is 11.9 Å². The Morgan fingerprint density at radius 1 is 0.875 bits per heavy atom. The molecule has 0 aliphatic carbocycles. The summed E-state index contributed by atoms with van der Waals surface area (Å²) in [5.74, 6) is 0. The Balaban J connectivity index is 1.58. The molecule has 0 bridgehead atoms. The summed E-state index contributed by atoms with van der Waals surface area (Å²) < 4.78 is 0. The standard InChI is InChI=1S/C21H31ClN2/c1-2-3-4-5-6-7-8-9-10-11-15-23-20-14-16-24-21-17-18(22)12-13-19(20)21/h12-14,16-17H,2-11,15H2,1H3,(H,23,24). The average Bonchev–Trinajstić information content (AvgIpc) is 2.59. The third-order valence-corrected chi connectivity index (χ3v) is 4.79. The molecule has 0 saturated heterocycles. The van der Waals surface area contributed by atoms with Crippen molar-refractivity contribution < 1.29 is 0 Å². The number of benzene rings is 1. The Hall–Kier alpha value is -1.28. The van der Waals surface area contributed by atoms with Gasteiger partial charge in [0.15, 0.2) is 0 Å². The van der Waals surface area contributed by atoms with Crippen LogP contribution in [-0.4, -0.2) is 11.5 Å². The zero-order valence-corrected chi connectivity index (χ0v) is 15.7. The largest absolute Gasteiger partial charge is 0.384 e. The number of pyridine rings is 1. The molecule has 3 heteroatoms. The van der Waals surface area contributed by atoms with Crippen molar-refractivity contribution in [3.63, 3.8) is 0 Å². The number of anilines is 1. The van der Waals surface area contributed by atoms with Gasteiger partial charge in [-0.05, 0) is 30.7 Å². The predicted molar refractivity (Wildman–Crippen MR) is 107 cm³/mol. The molecule has 0 unspecified atom stereocenters. The quantitative estimate of drug-likeness (QED) is 0.410. The number of hydrogen-bond acceptors (Lipinski definition) is 2. The minimum atomic E-state index is 0.738. The average molecular weight is 347 g/mol. The van der Waals surface area contributed by atoms with Crippen molar-refractivity contribution in [3.8, 4) is 0 Å². The maximum Gasteiger partial charge on any atom is 0.0737 e. The summed E-state index contributed by atoms with van der Waals surface area (Å²) in [5, 5.41) is 5.43. The van der Waals surface area contributed by atoms with Crippen molar-refractivity contribution in [3.05, 3.63) is 35.5 Å². The molecule has 1 aromatic heterocycles. The van der Waals surface area contributed by atoms with Crippen molar-refractivity contribution >= 4 is 28.2 Å². The van der Waals surface area contributed by atoms with E-state index in [1.807, 2.05) is 30.5 Å². The Morgan fingerprint density at radius 3 is 2.25 bits per heavy atom. The number of fused-ring (bicyclic) bond motifs is 1. The topological polar surface area (TPSA) is 24.9 Å². The van der Waals surface area contributed by atoms with Crippen LogP contribution in [0.15, 0.2) is 30.5 Å². The molecule has 0 radical (unpaired) electrons. The highest BCUT2D eigenvalue weighted by Gasteiger charge is 2.02. The van der Waals surface area contributed by atoms with E-state index < -0.39 is 0 Å². The van der Waals surface area contributed by atoms with Gasteiger partial charge in [0, 0.05) is 28.8 Å². The van der Waals surface area contributed by atoms with Crippen LogP contribution in [0.5, 0.6) is 0 Å². The van der Waals surface area contributed by atoms with Gasteiger partial charge in [-0.25, -0.2) is 0 Å². The first-order valence-electron chi connectivity index (χ1n) is 9.59. The number of nitrogens with zero attached hydrogens (tertiary/aromatic N) is 1. The number of nitrogens with one attached hydrogen (secondary N) is 1. The van der Waals surface area contributed by atoms with Gasteiger partial charge < -0.3 is 5.32 Å². The maximum absolute atomic E-state index is 6.03. The van der Waals surface area contributed by atoms with E-state index >= 15 is 0 Å². The van der Waals surface area contributed by atoms with Crippen molar-refractivity contribution in [2.24, 2.45) is 0 Å². The minimum absolute atomic E-state index is 0.738. The lowest BCUT2D eigenvalue weighted by molar-refractivity contribution is 0.560. The lowest BCUT2D eigenvalue weighted by Gasteiger charge is -2.09. The number of halogens is 1. The molecule has 2 rings (SSSR count). The van der Waals surface area contributed by atoms with Gasteiger partial charge >= 0.3 is 0 Å². The van der Waals surface area contributed by atoms with Gasteiger partial charge in [-0.2, -0.15) is 0 Å². The number of hydrogen-bond donors (Lipinski definition) is 1. The highest BCUT2D eigenvalue weighted by Crippen LogP contribution is 2.24. The minimum Gasteiger partial charge on any atom is -0.384 e. The molecule has 2 aromatic rings. The normalized spacial score (nSPS) is 11.1.